The Morgan fingerprint density at radius 3 is 2.21 bits per heavy atom. The van der Waals surface area contributed by atoms with Crippen LogP contribution in [0.2, 0.25) is 0 Å². The molecule has 24 heavy (non-hydrogen) atoms. The van der Waals surface area contributed by atoms with E-state index < -0.39 is 17.1 Å². The van der Waals surface area contributed by atoms with E-state index in [-0.39, 0.29) is 0 Å². The third-order valence-corrected chi connectivity index (χ3v) is 4.13. The second kappa shape index (κ2) is 9.07. The molecule has 0 spiro atoms. The molecule has 0 saturated heterocycles. The van der Waals surface area contributed by atoms with Gasteiger partial charge in [0.15, 0.2) is 0 Å². The van der Waals surface area contributed by atoms with Crippen molar-refractivity contribution in [3.63, 3.8) is 0 Å². The fraction of sp³-hybridized carbons (Fsp3) is 0.650. The van der Waals surface area contributed by atoms with Gasteiger partial charge in [0, 0.05) is 11.3 Å². The Kier molecular flexibility index (Phi) is 7.74. The van der Waals surface area contributed by atoms with Crippen LogP contribution in [0.3, 0.4) is 0 Å². The minimum absolute atomic E-state index is 0.401. The number of nitrogens with two attached hydrogens (primary N) is 2. The Morgan fingerprint density at radius 2 is 1.62 bits per heavy atom. The van der Waals surface area contributed by atoms with Gasteiger partial charge in [-0.25, -0.2) is 4.79 Å². The number of carbonyl (C=O) groups is 1. The van der Waals surface area contributed by atoms with Crippen LogP contribution in [0.25, 0.3) is 0 Å². The first-order valence-corrected chi connectivity index (χ1v) is 9.08. The van der Waals surface area contributed by atoms with Gasteiger partial charge < -0.3 is 16.2 Å². The maximum atomic E-state index is 12.8. The molecular formula is C20H34N2O2. The molecule has 1 unspecified atom stereocenters. The predicted molar refractivity (Wildman–Crippen MR) is 101 cm³/mol. The molecule has 0 aromatic heterocycles. The number of carbonyl (C=O) groups excluding carboxylic acids is 1. The Labute approximate surface area is 146 Å². The van der Waals surface area contributed by atoms with Gasteiger partial charge in [-0.1, -0.05) is 63.6 Å². The highest BCUT2D eigenvalue weighted by Crippen LogP contribution is 2.32. The number of esters is 1. The van der Waals surface area contributed by atoms with Crippen LogP contribution in [-0.4, -0.2) is 11.6 Å². The molecule has 0 aliphatic rings. The zero-order valence-corrected chi connectivity index (χ0v) is 15.7. The van der Waals surface area contributed by atoms with E-state index in [1.54, 1.807) is 6.07 Å². The van der Waals surface area contributed by atoms with Crippen molar-refractivity contribution in [2.75, 3.05) is 5.73 Å². The Balaban J connectivity index is 2.87. The second-order valence-electron chi connectivity index (χ2n) is 7.58. The standard InChI is InChI=1S/C20H34N2O2/c1-5-6-7-8-9-12-15-20(22,18(23)24-19(2,3)4)16-13-10-11-14-17(16)21/h10-11,13-14H,5-9,12,15,21-22H2,1-4H3. The molecule has 136 valence electrons. The molecule has 0 fully saturated rings. The van der Waals surface area contributed by atoms with E-state index in [1.165, 1.54) is 25.7 Å². The van der Waals surface area contributed by atoms with Crippen molar-refractivity contribution in [2.24, 2.45) is 5.73 Å². The first-order chi connectivity index (χ1) is 11.2. The van der Waals surface area contributed by atoms with E-state index in [0.717, 1.165) is 12.8 Å². The van der Waals surface area contributed by atoms with Crippen LogP contribution >= 0.6 is 0 Å². The second-order valence-corrected chi connectivity index (χ2v) is 7.58. The van der Waals surface area contributed by atoms with Crippen LogP contribution in [0, 0.1) is 0 Å². The average molecular weight is 335 g/mol. The quantitative estimate of drug-likeness (QED) is 0.395. The van der Waals surface area contributed by atoms with Crippen molar-refractivity contribution >= 4 is 11.7 Å². The van der Waals surface area contributed by atoms with Gasteiger partial charge in [-0.05, 0) is 33.3 Å². The summed E-state index contributed by atoms with van der Waals surface area (Å²) in [5, 5.41) is 0. The highest BCUT2D eigenvalue weighted by Gasteiger charge is 2.40. The maximum absolute atomic E-state index is 12.8. The van der Waals surface area contributed by atoms with Crippen molar-refractivity contribution in [3.8, 4) is 0 Å². The fourth-order valence-corrected chi connectivity index (χ4v) is 2.80. The summed E-state index contributed by atoms with van der Waals surface area (Å²) in [5.74, 6) is -0.401. The molecule has 0 heterocycles. The summed E-state index contributed by atoms with van der Waals surface area (Å²) in [5.41, 5.74) is 12.1. The molecule has 0 saturated carbocycles. The molecule has 4 N–H and O–H groups in total. The number of para-hydroxylation sites is 1. The van der Waals surface area contributed by atoms with Crippen molar-refractivity contribution < 1.29 is 9.53 Å². The Morgan fingerprint density at radius 1 is 1.04 bits per heavy atom. The summed E-state index contributed by atoms with van der Waals surface area (Å²) < 4.78 is 5.59. The van der Waals surface area contributed by atoms with Gasteiger partial charge in [0.25, 0.3) is 0 Å². The number of benzene rings is 1. The summed E-state index contributed by atoms with van der Waals surface area (Å²) in [6.07, 6.45) is 7.37. The largest absolute Gasteiger partial charge is 0.458 e. The molecule has 0 bridgehead atoms. The lowest BCUT2D eigenvalue weighted by molar-refractivity contribution is -0.162. The van der Waals surface area contributed by atoms with Crippen molar-refractivity contribution in [1.29, 1.82) is 0 Å². The summed E-state index contributed by atoms with van der Waals surface area (Å²) in [7, 11) is 0. The van der Waals surface area contributed by atoms with Crippen LogP contribution in [0.15, 0.2) is 24.3 Å². The smallest absolute Gasteiger partial charge is 0.331 e. The summed E-state index contributed by atoms with van der Waals surface area (Å²) in [6.45, 7) is 7.75. The van der Waals surface area contributed by atoms with Crippen LogP contribution in [0.5, 0.6) is 0 Å². The van der Waals surface area contributed by atoms with Crippen molar-refractivity contribution in [3.05, 3.63) is 29.8 Å². The third-order valence-electron chi connectivity index (χ3n) is 4.13. The monoisotopic (exact) mass is 334 g/mol. The van der Waals surface area contributed by atoms with Crippen LogP contribution in [-0.2, 0) is 15.1 Å². The average Bonchev–Trinajstić information content (AvgIpc) is 2.49. The molecule has 1 aromatic carbocycles. The van der Waals surface area contributed by atoms with Crippen molar-refractivity contribution in [2.45, 2.75) is 83.8 Å². The highest BCUT2D eigenvalue weighted by atomic mass is 16.6. The number of unbranched alkanes of at least 4 members (excludes halogenated alkanes) is 5. The Bertz CT molecular complexity index is 523. The van der Waals surface area contributed by atoms with Crippen molar-refractivity contribution in [1.82, 2.24) is 0 Å². The highest BCUT2D eigenvalue weighted by molar-refractivity contribution is 5.84. The van der Waals surface area contributed by atoms with Gasteiger partial charge in [-0.2, -0.15) is 0 Å². The zero-order valence-electron chi connectivity index (χ0n) is 15.7. The Hall–Kier alpha value is -1.55. The SMILES string of the molecule is CCCCCCCCC(N)(C(=O)OC(C)(C)C)c1ccccc1N. The number of hydrogen-bond donors (Lipinski definition) is 2. The fourth-order valence-electron chi connectivity index (χ4n) is 2.80. The first-order valence-electron chi connectivity index (χ1n) is 9.08. The number of hydrogen-bond acceptors (Lipinski definition) is 4. The zero-order chi connectivity index (χ0) is 18.2. The molecule has 0 amide bonds. The predicted octanol–water partition coefficient (Wildman–Crippen LogP) is 4.52. The molecule has 1 rings (SSSR count). The molecule has 1 aromatic rings. The van der Waals surface area contributed by atoms with E-state index in [2.05, 4.69) is 6.92 Å². The van der Waals surface area contributed by atoms with Gasteiger partial charge in [-0.15, -0.1) is 0 Å². The van der Waals surface area contributed by atoms with E-state index in [4.69, 9.17) is 16.2 Å². The lowest BCUT2D eigenvalue weighted by Crippen LogP contribution is -2.48. The third kappa shape index (κ3) is 6.16. The molecule has 4 nitrogen and oxygen atoms in total. The molecule has 4 heteroatoms. The van der Waals surface area contributed by atoms with Gasteiger partial charge in [0.05, 0.1) is 0 Å². The van der Waals surface area contributed by atoms with E-state index in [1.807, 2.05) is 39.0 Å². The minimum Gasteiger partial charge on any atom is -0.458 e. The minimum atomic E-state index is -1.19. The first kappa shape index (κ1) is 20.5. The van der Waals surface area contributed by atoms with Gasteiger partial charge in [0.2, 0.25) is 0 Å². The van der Waals surface area contributed by atoms with E-state index in [9.17, 15) is 4.79 Å². The molecule has 0 radical (unpaired) electrons. The number of nitrogen functional groups attached to an aromatic ring is 1. The lowest BCUT2D eigenvalue weighted by Gasteiger charge is -2.32. The number of ether oxygens (including phenoxy) is 1. The van der Waals surface area contributed by atoms with Crippen LogP contribution < -0.4 is 11.5 Å². The molecular weight excluding hydrogens is 300 g/mol. The van der Waals surface area contributed by atoms with E-state index >= 15 is 0 Å². The van der Waals surface area contributed by atoms with Crippen LogP contribution in [0.4, 0.5) is 5.69 Å². The number of anilines is 1. The number of rotatable bonds is 9. The normalized spacial score (nSPS) is 14.2. The molecule has 0 aliphatic carbocycles. The van der Waals surface area contributed by atoms with E-state index in [0.29, 0.717) is 17.7 Å². The lowest BCUT2D eigenvalue weighted by atomic mass is 9.84. The van der Waals surface area contributed by atoms with Gasteiger partial charge in [-0.3, -0.25) is 0 Å². The summed E-state index contributed by atoms with van der Waals surface area (Å²) in [6, 6.07) is 7.32. The van der Waals surface area contributed by atoms with Gasteiger partial charge >= 0.3 is 5.97 Å². The van der Waals surface area contributed by atoms with Gasteiger partial charge in [0.1, 0.15) is 11.1 Å². The maximum Gasteiger partial charge on any atom is 0.331 e. The topological polar surface area (TPSA) is 78.3 Å². The van der Waals surface area contributed by atoms with Crippen LogP contribution in [0.1, 0.15) is 78.2 Å². The summed E-state index contributed by atoms with van der Waals surface area (Å²) in [4.78, 5) is 12.8. The summed E-state index contributed by atoms with van der Waals surface area (Å²) >= 11 is 0. The molecule has 0 aliphatic heterocycles. The molecule has 1 atom stereocenters.